The molecule has 2 aromatic heterocycles. The van der Waals surface area contributed by atoms with E-state index in [1.165, 1.54) is 19.2 Å². The maximum atomic E-state index is 12.4. The Bertz CT molecular complexity index is 991. The minimum Gasteiger partial charge on any atom is -0.355 e. The second kappa shape index (κ2) is 8.86. The van der Waals surface area contributed by atoms with Crippen LogP contribution in [0.3, 0.4) is 0 Å². The summed E-state index contributed by atoms with van der Waals surface area (Å²) >= 11 is 0. The predicted molar refractivity (Wildman–Crippen MR) is 110 cm³/mol. The van der Waals surface area contributed by atoms with E-state index in [0.717, 1.165) is 42.1 Å². The first-order chi connectivity index (χ1) is 13.9. The van der Waals surface area contributed by atoms with Crippen LogP contribution < -0.4 is 15.8 Å². The Morgan fingerprint density at radius 1 is 1.34 bits per heavy atom. The number of anilines is 1. The van der Waals surface area contributed by atoms with Gasteiger partial charge in [0, 0.05) is 38.4 Å². The molecular formula is C21H26N6O2. The molecule has 0 bridgehead atoms. The van der Waals surface area contributed by atoms with Gasteiger partial charge in [0.15, 0.2) is 0 Å². The Balaban J connectivity index is 1.67. The molecule has 1 atom stereocenters. The summed E-state index contributed by atoms with van der Waals surface area (Å²) in [5.74, 6) is 0.969. The molecule has 1 aliphatic heterocycles. The minimum atomic E-state index is -0.296. The van der Waals surface area contributed by atoms with E-state index in [0.29, 0.717) is 12.1 Å². The van der Waals surface area contributed by atoms with Crippen LogP contribution in [0.5, 0.6) is 0 Å². The molecule has 3 rings (SSSR count). The Hall–Kier alpha value is -3.21. The van der Waals surface area contributed by atoms with E-state index in [2.05, 4.69) is 35.2 Å². The average Bonchev–Trinajstić information content (AvgIpc) is 2.73. The molecule has 1 saturated heterocycles. The lowest BCUT2D eigenvalue weighted by Crippen LogP contribution is -2.42. The molecular weight excluding hydrogens is 368 g/mol. The summed E-state index contributed by atoms with van der Waals surface area (Å²) in [7, 11) is 1.52. The quantitative estimate of drug-likeness (QED) is 0.829. The molecule has 1 unspecified atom stereocenters. The van der Waals surface area contributed by atoms with Crippen molar-refractivity contribution in [3.8, 4) is 6.07 Å². The maximum Gasteiger partial charge on any atom is 0.271 e. The predicted octanol–water partition coefficient (Wildman–Crippen LogP) is 1.82. The topological polar surface area (TPSA) is 104 Å². The number of aryl methyl sites for hydroxylation is 1. The lowest BCUT2D eigenvalue weighted by Gasteiger charge is -2.34. The van der Waals surface area contributed by atoms with Gasteiger partial charge < -0.3 is 10.2 Å². The van der Waals surface area contributed by atoms with E-state index < -0.39 is 0 Å². The molecule has 8 heteroatoms. The first-order valence-corrected chi connectivity index (χ1v) is 9.87. The van der Waals surface area contributed by atoms with Gasteiger partial charge in [-0.2, -0.15) is 10.4 Å². The molecule has 2 aromatic rings. The van der Waals surface area contributed by atoms with Crippen molar-refractivity contribution in [1.82, 2.24) is 20.1 Å². The number of rotatable bonds is 5. The molecule has 152 valence electrons. The highest BCUT2D eigenvalue weighted by Crippen LogP contribution is 2.26. The second-order valence-electron chi connectivity index (χ2n) is 7.72. The average molecular weight is 394 g/mol. The Kier molecular flexibility index (Phi) is 6.27. The summed E-state index contributed by atoms with van der Waals surface area (Å²) in [6, 6.07) is 8.77. The first kappa shape index (κ1) is 20.5. The fraction of sp³-hybridized carbons (Fsp3) is 0.476. The summed E-state index contributed by atoms with van der Waals surface area (Å²) in [5.41, 5.74) is 1.51. The Morgan fingerprint density at radius 2 is 2.14 bits per heavy atom. The third-order valence-corrected chi connectivity index (χ3v) is 5.17. The standard InChI is InChI=1S/C21H26N6O2/c1-14(2)17-7-6-16(11-22)20(24-17)27-10-4-5-15(13-27)12-23-21(29)18-8-9-19(28)26(3)25-18/h6-9,14-15H,4-5,10,12-13H2,1-3H3,(H,23,29). The van der Waals surface area contributed by atoms with Crippen molar-refractivity contribution >= 4 is 11.7 Å². The zero-order chi connectivity index (χ0) is 21.0. The number of amides is 1. The molecule has 0 spiro atoms. The zero-order valence-corrected chi connectivity index (χ0v) is 17.1. The zero-order valence-electron chi connectivity index (χ0n) is 17.1. The van der Waals surface area contributed by atoms with E-state index in [-0.39, 0.29) is 29.0 Å². The van der Waals surface area contributed by atoms with Gasteiger partial charge in [-0.3, -0.25) is 9.59 Å². The fourth-order valence-electron chi connectivity index (χ4n) is 3.49. The van der Waals surface area contributed by atoms with Gasteiger partial charge in [0.05, 0.1) is 5.56 Å². The lowest BCUT2D eigenvalue weighted by atomic mass is 9.97. The van der Waals surface area contributed by atoms with E-state index in [4.69, 9.17) is 4.98 Å². The summed E-state index contributed by atoms with van der Waals surface area (Å²) < 4.78 is 1.15. The molecule has 29 heavy (non-hydrogen) atoms. The fourth-order valence-corrected chi connectivity index (χ4v) is 3.49. The van der Waals surface area contributed by atoms with Gasteiger partial charge in [-0.15, -0.1) is 0 Å². The van der Waals surface area contributed by atoms with Crippen LogP contribution in [0.4, 0.5) is 5.82 Å². The molecule has 0 aliphatic carbocycles. The van der Waals surface area contributed by atoms with Crippen LogP contribution in [0.1, 0.15) is 54.4 Å². The van der Waals surface area contributed by atoms with Crippen LogP contribution in [-0.2, 0) is 7.05 Å². The van der Waals surface area contributed by atoms with E-state index in [1.54, 1.807) is 0 Å². The first-order valence-electron chi connectivity index (χ1n) is 9.87. The van der Waals surface area contributed by atoms with Crippen molar-refractivity contribution in [3.63, 3.8) is 0 Å². The van der Waals surface area contributed by atoms with Crippen molar-refractivity contribution in [1.29, 1.82) is 5.26 Å². The van der Waals surface area contributed by atoms with Crippen LogP contribution in [0.15, 0.2) is 29.1 Å². The number of hydrogen-bond acceptors (Lipinski definition) is 6. The number of carbonyl (C=O) groups excluding carboxylic acids is 1. The smallest absolute Gasteiger partial charge is 0.271 e. The molecule has 1 fully saturated rings. The third-order valence-electron chi connectivity index (χ3n) is 5.17. The summed E-state index contributed by atoms with van der Waals surface area (Å²) in [4.78, 5) is 30.7. The SMILES string of the molecule is CC(C)c1ccc(C#N)c(N2CCCC(CNC(=O)c3ccc(=O)n(C)n3)C2)n1. The maximum absolute atomic E-state index is 12.4. The molecule has 3 heterocycles. The van der Waals surface area contributed by atoms with Crippen molar-refractivity contribution in [2.45, 2.75) is 32.6 Å². The van der Waals surface area contributed by atoms with Crippen molar-refractivity contribution < 1.29 is 4.79 Å². The number of aromatic nitrogens is 3. The van der Waals surface area contributed by atoms with E-state index >= 15 is 0 Å². The van der Waals surface area contributed by atoms with Gasteiger partial charge in [0.1, 0.15) is 17.6 Å². The van der Waals surface area contributed by atoms with Crippen LogP contribution in [0.2, 0.25) is 0 Å². The number of hydrogen-bond donors (Lipinski definition) is 1. The van der Waals surface area contributed by atoms with Crippen molar-refractivity contribution in [2.24, 2.45) is 13.0 Å². The minimum absolute atomic E-state index is 0.220. The number of nitriles is 1. The summed E-state index contributed by atoms with van der Waals surface area (Å²) in [5, 5.41) is 16.4. The number of nitrogens with zero attached hydrogens (tertiary/aromatic N) is 5. The summed E-state index contributed by atoms with van der Waals surface area (Å²) in [6.07, 6.45) is 1.96. The normalized spacial score (nSPS) is 16.5. The molecule has 1 aliphatic rings. The second-order valence-corrected chi connectivity index (χ2v) is 7.72. The molecule has 0 saturated carbocycles. The molecule has 0 radical (unpaired) electrons. The molecule has 1 N–H and O–H groups in total. The van der Waals surface area contributed by atoms with Crippen LogP contribution in [-0.4, -0.2) is 40.3 Å². The van der Waals surface area contributed by atoms with Gasteiger partial charge in [0.2, 0.25) is 0 Å². The van der Waals surface area contributed by atoms with Crippen LogP contribution in [0, 0.1) is 17.2 Å². The summed E-state index contributed by atoms with van der Waals surface area (Å²) in [6.45, 7) is 6.24. The highest BCUT2D eigenvalue weighted by molar-refractivity contribution is 5.91. The highest BCUT2D eigenvalue weighted by Gasteiger charge is 2.24. The number of pyridine rings is 1. The molecule has 8 nitrogen and oxygen atoms in total. The van der Waals surface area contributed by atoms with Crippen molar-refractivity contribution in [3.05, 3.63) is 51.6 Å². The van der Waals surface area contributed by atoms with Gasteiger partial charge in [0.25, 0.3) is 11.5 Å². The number of piperidine rings is 1. The van der Waals surface area contributed by atoms with Gasteiger partial charge in [-0.25, -0.2) is 9.67 Å². The van der Waals surface area contributed by atoms with Crippen LogP contribution >= 0.6 is 0 Å². The highest BCUT2D eigenvalue weighted by atomic mass is 16.2. The monoisotopic (exact) mass is 394 g/mol. The van der Waals surface area contributed by atoms with E-state index in [1.807, 2.05) is 12.1 Å². The van der Waals surface area contributed by atoms with Gasteiger partial charge in [-0.1, -0.05) is 13.8 Å². The number of carbonyl (C=O) groups is 1. The Labute approximate surface area is 170 Å². The Morgan fingerprint density at radius 3 is 2.83 bits per heavy atom. The largest absolute Gasteiger partial charge is 0.355 e. The molecule has 0 aromatic carbocycles. The van der Waals surface area contributed by atoms with Gasteiger partial charge in [-0.05, 0) is 42.9 Å². The number of nitrogens with one attached hydrogen (secondary N) is 1. The molecule has 1 amide bonds. The third kappa shape index (κ3) is 4.80. The van der Waals surface area contributed by atoms with Gasteiger partial charge >= 0.3 is 0 Å². The van der Waals surface area contributed by atoms with Crippen LogP contribution in [0.25, 0.3) is 0 Å². The lowest BCUT2D eigenvalue weighted by molar-refractivity contribution is 0.0938. The van der Waals surface area contributed by atoms with E-state index in [9.17, 15) is 14.9 Å². The van der Waals surface area contributed by atoms with Crippen molar-refractivity contribution in [2.75, 3.05) is 24.5 Å².